The first-order chi connectivity index (χ1) is 10.1. The molecular weight excluding hydrogens is 264 g/mol. The molecule has 0 aliphatic carbocycles. The van der Waals surface area contributed by atoms with Crippen LogP contribution in [0.4, 0.5) is 0 Å². The summed E-state index contributed by atoms with van der Waals surface area (Å²) in [5.74, 6) is 0.198. The van der Waals surface area contributed by atoms with E-state index in [-0.39, 0.29) is 12.0 Å². The fraction of sp³-hybridized carbons (Fsp3) is 0.471. The summed E-state index contributed by atoms with van der Waals surface area (Å²) in [7, 11) is 0. The van der Waals surface area contributed by atoms with Gasteiger partial charge in [0.15, 0.2) is 0 Å². The lowest BCUT2D eigenvalue weighted by molar-refractivity contribution is -0.133. The van der Waals surface area contributed by atoms with Crippen LogP contribution < -0.4 is 0 Å². The quantitative estimate of drug-likeness (QED) is 0.910. The number of aromatic nitrogens is 1. The molecule has 0 radical (unpaired) electrons. The summed E-state index contributed by atoms with van der Waals surface area (Å²) in [6.45, 7) is 3.47. The van der Waals surface area contributed by atoms with E-state index in [4.69, 9.17) is 0 Å². The highest BCUT2D eigenvalue weighted by Gasteiger charge is 2.21. The zero-order chi connectivity index (χ0) is 14.8. The Morgan fingerprint density at radius 2 is 2.14 bits per heavy atom. The van der Waals surface area contributed by atoms with Gasteiger partial charge in [-0.25, -0.2) is 0 Å². The maximum absolute atomic E-state index is 12.2. The number of fused-ring (bicyclic) bond motifs is 1. The smallest absolute Gasteiger partial charge is 0.222 e. The summed E-state index contributed by atoms with van der Waals surface area (Å²) in [4.78, 5) is 17.4. The van der Waals surface area contributed by atoms with E-state index in [0.29, 0.717) is 32.4 Å². The molecule has 1 amide bonds. The van der Waals surface area contributed by atoms with Crippen molar-refractivity contribution in [3.63, 3.8) is 0 Å². The second kappa shape index (κ2) is 5.90. The zero-order valence-electron chi connectivity index (χ0n) is 12.4. The molecule has 0 atom stereocenters. The SMILES string of the molecule is Cc1cccc2c(CCC(=O)N3CCC(O)CC3)c[nH]c12. The first-order valence-corrected chi connectivity index (χ1v) is 7.66. The summed E-state index contributed by atoms with van der Waals surface area (Å²) in [5, 5.41) is 10.7. The van der Waals surface area contributed by atoms with Crippen LogP contribution in [0.5, 0.6) is 0 Å². The summed E-state index contributed by atoms with van der Waals surface area (Å²) in [6.07, 6.45) is 4.50. The number of hydrogen-bond acceptors (Lipinski definition) is 2. The maximum Gasteiger partial charge on any atom is 0.222 e. The van der Waals surface area contributed by atoms with Crippen molar-refractivity contribution in [2.24, 2.45) is 0 Å². The number of carbonyl (C=O) groups is 1. The van der Waals surface area contributed by atoms with Gasteiger partial charge in [0, 0.05) is 36.6 Å². The third-order valence-electron chi connectivity index (χ3n) is 4.43. The number of aromatic amines is 1. The van der Waals surface area contributed by atoms with E-state index >= 15 is 0 Å². The van der Waals surface area contributed by atoms with Gasteiger partial charge < -0.3 is 15.0 Å². The third-order valence-corrected chi connectivity index (χ3v) is 4.43. The normalized spacial score (nSPS) is 16.6. The molecule has 4 heteroatoms. The molecule has 21 heavy (non-hydrogen) atoms. The highest BCUT2D eigenvalue weighted by molar-refractivity contribution is 5.86. The number of hydrogen-bond donors (Lipinski definition) is 2. The van der Waals surface area contributed by atoms with Gasteiger partial charge in [-0.15, -0.1) is 0 Å². The minimum Gasteiger partial charge on any atom is -0.393 e. The van der Waals surface area contributed by atoms with Gasteiger partial charge in [0.05, 0.1) is 6.10 Å². The average molecular weight is 286 g/mol. The second-order valence-corrected chi connectivity index (χ2v) is 5.92. The van der Waals surface area contributed by atoms with E-state index in [9.17, 15) is 9.90 Å². The molecule has 2 N–H and O–H groups in total. The molecule has 1 aromatic carbocycles. The first-order valence-electron chi connectivity index (χ1n) is 7.66. The van der Waals surface area contributed by atoms with Crippen molar-refractivity contribution in [1.29, 1.82) is 0 Å². The Labute approximate surface area is 124 Å². The van der Waals surface area contributed by atoms with Crippen LogP contribution in [-0.4, -0.2) is 40.1 Å². The van der Waals surface area contributed by atoms with E-state index in [1.165, 1.54) is 22.0 Å². The lowest BCUT2D eigenvalue weighted by atomic mass is 10.0. The molecule has 112 valence electrons. The van der Waals surface area contributed by atoms with Crippen LogP contribution >= 0.6 is 0 Å². The number of benzene rings is 1. The lowest BCUT2D eigenvalue weighted by Gasteiger charge is -2.29. The Balaban J connectivity index is 1.64. The van der Waals surface area contributed by atoms with Crippen molar-refractivity contribution < 1.29 is 9.90 Å². The van der Waals surface area contributed by atoms with E-state index in [0.717, 1.165) is 6.42 Å². The molecule has 4 nitrogen and oxygen atoms in total. The van der Waals surface area contributed by atoms with Crippen LogP contribution in [0, 0.1) is 6.92 Å². The number of para-hydroxylation sites is 1. The number of rotatable bonds is 3. The molecule has 0 saturated carbocycles. The summed E-state index contributed by atoms with van der Waals surface area (Å²) >= 11 is 0. The van der Waals surface area contributed by atoms with Crippen molar-refractivity contribution in [1.82, 2.24) is 9.88 Å². The molecule has 1 aliphatic rings. The summed E-state index contributed by atoms with van der Waals surface area (Å²) < 4.78 is 0. The van der Waals surface area contributed by atoms with Crippen LogP contribution in [0.3, 0.4) is 0 Å². The van der Waals surface area contributed by atoms with Gasteiger partial charge >= 0.3 is 0 Å². The standard InChI is InChI=1S/C17H22N2O2/c1-12-3-2-4-15-13(11-18-17(12)15)5-6-16(21)19-9-7-14(20)8-10-19/h2-4,11,14,18,20H,5-10H2,1H3. The molecule has 0 unspecified atom stereocenters. The number of nitrogens with zero attached hydrogens (tertiary/aromatic N) is 1. The lowest BCUT2D eigenvalue weighted by Crippen LogP contribution is -2.40. The Morgan fingerprint density at radius 3 is 2.90 bits per heavy atom. The molecule has 1 aromatic heterocycles. The number of nitrogens with one attached hydrogen (secondary N) is 1. The van der Waals surface area contributed by atoms with Crippen molar-refractivity contribution in [3.05, 3.63) is 35.5 Å². The van der Waals surface area contributed by atoms with Crippen molar-refractivity contribution in [2.45, 2.75) is 38.7 Å². The number of aryl methyl sites for hydroxylation is 2. The van der Waals surface area contributed by atoms with Crippen LogP contribution in [0.2, 0.25) is 0 Å². The minimum atomic E-state index is -0.231. The van der Waals surface area contributed by atoms with Gasteiger partial charge in [-0.05, 0) is 37.3 Å². The van der Waals surface area contributed by atoms with Gasteiger partial charge in [0.1, 0.15) is 0 Å². The molecule has 0 bridgehead atoms. The molecule has 1 aliphatic heterocycles. The first kappa shape index (κ1) is 14.1. The van der Waals surface area contributed by atoms with Crippen LogP contribution in [0.15, 0.2) is 24.4 Å². The van der Waals surface area contributed by atoms with Crippen molar-refractivity contribution >= 4 is 16.8 Å². The monoisotopic (exact) mass is 286 g/mol. The van der Waals surface area contributed by atoms with Crippen LogP contribution in [-0.2, 0) is 11.2 Å². The maximum atomic E-state index is 12.2. The van der Waals surface area contributed by atoms with E-state index in [2.05, 4.69) is 30.1 Å². The Kier molecular flexibility index (Phi) is 3.97. The van der Waals surface area contributed by atoms with Crippen molar-refractivity contribution in [3.8, 4) is 0 Å². The molecule has 2 heterocycles. The van der Waals surface area contributed by atoms with Gasteiger partial charge in [0.25, 0.3) is 0 Å². The second-order valence-electron chi connectivity index (χ2n) is 5.92. The highest BCUT2D eigenvalue weighted by Crippen LogP contribution is 2.22. The predicted octanol–water partition coefficient (Wildman–Crippen LogP) is 2.39. The molecular formula is C17H22N2O2. The number of likely N-dealkylation sites (tertiary alicyclic amines) is 1. The molecule has 0 spiro atoms. The van der Waals surface area contributed by atoms with E-state index in [1.807, 2.05) is 11.1 Å². The summed E-state index contributed by atoms with van der Waals surface area (Å²) in [5.41, 5.74) is 3.61. The number of H-pyrrole nitrogens is 1. The predicted molar refractivity (Wildman–Crippen MR) is 83.2 cm³/mol. The fourth-order valence-corrected chi connectivity index (χ4v) is 3.09. The minimum absolute atomic E-state index is 0.198. The van der Waals surface area contributed by atoms with Crippen molar-refractivity contribution in [2.75, 3.05) is 13.1 Å². The van der Waals surface area contributed by atoms with Gasteiger partial charge in [0.2, 0.25) is 5.91 Å². The Morgan fingerprint density at radius 1 is 1.38 bits per heavy atom. The Hall–Kier alpha value is -1.81. The number of amides is 1. The Bertz CT molecular complexity index is 639. The topological polar surface area (TPSA) is 56.3 Å². The number of aliphatic hydroxyl groups is 1. The molecule has 3 rings (SSSR count). The van der Waals surface area contributed by atoms with Crippen LogP contribution in [0.1, 0.15) is 30.4 Å². The molecule has 2 aromatic rings. The largest absolute Gasteiger partial charge is 0.393 e. The number of aliphatic hydroxyl groups excluding tert-OH is 1. The average Bonchev–Trinajstić information content (AvgIpc) is 2.90. The van der Waals surface area contributed by atoms with E-state index < -0.39 is 0 Å². The van der Waals surface area contributed by atoms with Gasteiger partial charge in [-0.3, -0.25) is 4.79 Å². The molecule has 1 fully saturated rings. The summed E-state index contributed by atoms with van der Waals surface area (Å²) in [6, 6.07) is 6.26. The van der Waals surface area contributed by atoms with Gasteiger partial charge in [-0.1, -0.05) is 18.2 Å². The molecule has 1 saturated heterocycles. The third kappa shape index (κ3) is 2.95. The zero-order valence-corrected chi connectivity index (χ0v) is 12.4. The highest BCUT2D eigenvalue weighted by atomic mass is 16.3. The van der Waals surface area contributed by atoms with E-state index in [1.54, 1.807) is 0 Å². The van der Waals surface area contributed by atoms with Crippen LogP contribution in [0.25, 0.3) is 10.9 Å². The fourth-order valence-electron chi connectivity index (χ4n) is 3.09. The number of carbonyl (C=O) groups excluding carboxylic acids is 1. The number of piperidine rings is 1. The van der Waals surface area contributed by atoms with Gasteiger partial charge in [-0.2, -0.15) is 0 Å².